The van der Waals surface area contributed by atoms with E-state index < -0.39 is 11.7 Å². The van der Waals surface area contributed by atoms with Gasteiger partial charge in [-0.1, -0.05) is 36.1 Å². The van der Waals surface area contributed by atoms with Crippen LogP contribution in [0.5, 0.6) is 0 Å². The number of carbonyl (C=O) groups excluding carboxylic acids is 2. The molecule has 2 aliphatic heterocycles. The summed E-state index contributed by atoms with van der Waals surface area (Å²) in [6.45, 7) is 0. The lowest BCUT2D eigenvalue weighted by molar-refractivity contribution is -0.121. The summed E-state index contributed by atoms with van der Waals surface area (Å²) in [5.74, 6) is -1.33. The molecule has 0 spiro atoms. The van der Waals surface area contributed by atoms with Crippen LogP contribution in [0.2, 0.25) is 0 Å². The molecule has 0 aromatic heterocycles. The topological polar surface area (TPSA) is 49.4 Å². The summed E-state index contributed by atoms with van der Waals surface area (Å²) in [7, 11) is 1.55. The molecule has 0 saturated carbocycles. The maximum Gasteiger partial charge on any atom is 0.266 e. The average molecular weight is 294 g/mol. The average Bonchev–Trinajstić information content (AvgIpc) is 2.83. The quantitative estimate of drug-likeness (QED) is 0.587. The summed E-state index contributed by atoms with van der Waals surface area (Å²) in [4.78, 5) is 25.5. The number of halogens is 1. The van der Waals surface area contributed by atoms with E-state index in [4.69, 9.17) is 12.2 Å². The lowest BCUT2D eigenvalue weighted by Gasteiger charge is -2.04. The zero-order valence-electron chi connectivity index (χ0n) is 9.69. The van der Waals surface area contributed by atoms with E-state index in [-0.39, 0.29) is 22.1 Å². The predicted octanol–water partition coefficient (Wildman–Crippen LogP) is 1.98. The fourth-order valence-electron chi connectivity index (χ4n) is 1.98. The third-order valence-corrected chi connectivity index (χ3v) is 4.49. The van der Waals surface area contributed by atoms with Crippen LogP contribution in [0, 0.1) is 5.82 Å². The van der Waals surface area contributed by atoms with Crippen molar-refractivity contribution in [3.05, 3.63) is 34.5 Å². The first-order valence-electron chi connectivity index (χ1n) is 5.35. The van der Waals surface area contributed by atoms with E-state index in [1.54, 1.807) is 13.1 Å². The molecule has 1 aromatic rings. The Morgan fingerprint density at radius 3 is 2.74 bits per heavy atom. The monoisotopic (exact) mass is 294 g/mol. The molecule has 2 aliphatic rings. The summed E-state index contributed by atoms with van der Waals surface area (Å²) >= 11 is 6.08. The second kappa shape index (κ2) is 4.14. The van der Waals surface area contributed by atoms with Crippen LogP contribution in [-0.4, -0.2) is 28.1 Å². The molecular formula is C12H7FN2O2S2. The fraction of sp³-hybridized carbons (Fsp3) is 0.0833. The summed E-state index contributed by atoms with van der Waals surface area (Å²) in [5, 5.41) is 2.44. The fourth-order valence-corrected chi connectivity index (χ4v) is 3.23. The summed E-state index contributed by atoms with van der Waals surface area (Å²) < 4.78 is 14.0. The van der Waals surface area contributed by atoms with Crippen LogP contribution in [0.4, 0.5) is 10.1 Å². The number of anilines is 1. The standard InChI is InChI=1S/C12H7FN2O2S2/c1-15-11(17)9(19-12(15)18)7-5-3-2-4-6(13)8(5)14-10(7)16/h2-4H,1H3,(H,14,16)/b9-7-. The van der Waals surface area contributed by atoms with Gasteiger partial charge in [-0.2, -0.15) is 0 Å². The SMILES string of the molecule is CN1C(=O)/C(=C2/C(=O)Nc3c(F)cccc32)SC1=S. The highest BCUT2D eigenvalue weighted by molar-refractivity contribution is 8.26. The molecule has 0 radical (unpaired) electrons. The van der Waals surface area contributed by atoms with Crippen LogP contribution in [-0.2, 0) is 9.59 Å². The minimum Gasteiger partial charge on any atom is -0.319 e. The van der Waals surface area contributed by atoms with Crippen molar-refractivity contribution < 1.29 is 14.0 Å². The molecule has 3 rings (SSSR count). The van der Waals surface area contributed by atoms with Gasteiger partial charge in [0.1, 0.15) is 10.1 Å². The molecule has 1 aromatic carbocycles. The molecule has 0 bridgehead atoms. The highest BCUT2D eigenvalue weighted by Gasteiger charge is 2.38. The van der Waals surface area contributed by atoms with Gasteiger partial charge in [-0.3, -0.25) is 14.5 Å². The summed E-state index contributed by atoms with van der Waals surface area (Å²) in [6, 6.07) is 4.36. The predicted molar refractivity (Wildman–Crippen MR) is 74.9 cm³/mol. The summed E-state index contributed by atoms with van der Waals surface area (Å²) in [6.07, 6.45) is 0. The second-order valence-corrected chi connectivity index (χ2v) is 5.70. The van der Waals surface area contributed by atoms with Crippen molar-refractivity contribution in [1.82, 2.24) is 4.90 Å². The highest BCUT2D eigenvalue weighted by atomic mass is 32.2. The number of amides is 2. The van der Waals surface area contributed by atoms with Gasteiger partial charge in [0.25, 0.3) is 11.8 Å². The van der Waals surface area contributed by atoms with E-state index in [0.717, 1.165) is 11.8 Å². The van der Waals surface area contributed by atoms with Gasteiger partial charge in [0.15, 0.2) is 0 Å². The van der Waals surface area contributed by atoms with Gasteiger partial charge < -0.3 is 5.32 Å². The van der Waals surface area contributed by atoms with Crippen LogP contribution in [0.15, 0.2) is 23.1 Å². The first-order chi connectivity index (χ1) is 9.00. The van der Waals surface area contributed by atoms with Crippen molar-refractivity contribution >= 4 is 51.4 Å². The Morgan fingerprint density at radius 2 is 2.11 bits per heavy atom. The number of carbonyl (C=O) groups is 2. The van der Waals surface area contributed by atoms with E-state index >= 15 is 0 Å². The van der Waals surface area contributed by atoms with Crippen molar-refractivity contribution in [2.45, 2.75) is 0 Å². The number of fused-ring (bicyclic) bond motifs is 1. The van der Waals surface area contributed by atoms with Gasteiger partial charge in [0.2, 0.25) is 0 Å². The smallest absolute Gasteiger partial charge is 0.266 e. The lowest BCUT2D eigenvalue weighted by Crippen LogP contribution is -2.23. The number of nitrogens with one attached hydrogen (secondary N) is 1. The van der Waals surface area contributed by atoms with Crippen LogP contribution < -0.4 is 5.32 Å². The number of hydrogen-bond donors (Lipinski definition) is 1. The Labute approximate surface area is 117 Å². The maximum atomic E-state index is 13.6. The van der Waals surface area contributed by atoms with Gasteiger partial charge in [-0.15, -0.1) is 0 Å². The number of rotatable bonds is 0. The zero-order chi connectivity index (χ0) is 13.7. The third kappa shape index (κ3) is 1.69. The number of benzene rings is 1. The maximum absolute atomic E-state index is 13.6. The molecule has 4 nitrogen and oxygen atoms in total. The number of para-hydroxylation sites is 1. The Kier molecular flexibility index (Phi) is 2.68. The molecule has 96 valence electrons. The van der Waals surface area contributed by atoms with Crippen LogP contribution in [0.3, 0.4) is 0 Å². The van der Waals surface area contributed by atoms with Gasteiger partial charge in [0.05, 0.1) is 16.2 Å². The first kappa shape index (κ1) is 12.3. The van der Waals surface area contributed by atoms with Crippen LogP contribution in [0.1, 0.15) is 5.56 Å². The first-order valence-corrected chi connectivity index (χ1v) is 6.57. The van der Waals surface area contributed by atoms with Crippen molar-refractivity contribution in [3.8, 4) is 0 Å². The Balaban J connectivity index is 2.23. The van der Waals surface area contributed by atoms with E-state index in [2.05, 4.69) is 5.32 Å². The molecule has 1 saturated heterocycles. The van der Waals surface area contributed by atoms with Crippen molar-refractivity contribution in [1.29, 1.82) is 0 Å². The van der Waals surface area contributed by atoms with Crippen molar-refractivity contribution in [3.63, 3.8) is 0 Å². The number of likely N-dealkylation sites (N-methyl/N-ethyl adjacent to an activating group) is 1. The minimum atomic E-state index is -0.521. The number of hydrogen-bond acceptors (Lipinski definition) is 4. The Bertz CT molecular complexity index is 684. The highest BCUT2D eigenvalue weighted by Crippen LogP contribution is 2.42. The molecule has 0 unspecified atom stereocenters. The third-order valence-electron chi connectivity index (χ3n) is 2.94. The number of thiocarbonyl (C=S) groups is 1. The van der Waals surface area contributed by atoms with Crippen molar-refractivity contribution in [2.24, 2.45) is 0 Å². The largest absolute Gasteiger partial charge is 0.319 e. The molecule has 7 heteroatoms. The van der Waals surface area contributed by atoms with Gasteiger partial charge in [0, 0.05) is 12.6 Å². The van der Waals surface area contributed by atoms with E-state index in [1.165, 1.54) is 17.0 Å². The molecular weight excluding hydrogens is 287 g/mol. The molecule has 19 heavy (non-hydrogen) atoms. The van der Waals surface area contributed by atoms with Crippen LogP contribution in [0.25, 0.3) is 5.57 Å². The number of nitrogens with zero attached hydrogens (tertiary/aromatic N) is 1. The molecule has 1 fully saturated rings. The molecule has 2 heterocycles. The molecule has 0 aliphatic carbocycles. The number of thioether (sulfide) groups is 1. The van der Waals surface area contributed by atoms with Gasteiger partial charge in [-0.05, 0) is 6.07 Å². The van der Waals surface area contributed by atoms with Crippen molar-refractivity contribution in [2.75, 3.05) is 12.4 Å². The van der Waals surface area contributed by atoms with Crippen LogP contribution >= 0.6 is 24.0 Å². The molecule has 1 N–H and O–H groups in total. The lowest BCUT2D eigenvalue weighted by atomic mass is 10.1. The van der Waals surface area contributed by atoms with E-state index in [1.807, 2.05) is 0 Å². The second-order valence-electron chi connectivity index (χ2n) is 4.05. The van der Waals surface area contributed by atoms with Gasteiger partial charge >= 0.3 is 0 Å². The Hall–Kier alpha value is -1.73. The van der Waals surface area contributed by atoms with E-state index in [0.29, 0.717) is 9.88 Å². The normalized spacial score (nSPS) is 22.0. The Morgan fingerprint density at radius 1 is 1.37 bits per heavy atom. The molecule has 2 amide bonds. The van der Waals surface area contributed by atoms with E-state index in [9.17, 15) is 14.0 Å². The zero-order valence-corrected chi connectivity index (χ0v) is 11.3. The van der Waals surface area contributed by atoms with Gasteiger partial charge in [-0.25, -0.2) is 4.39 Å². The summed E-state index contributed by atoms with van der Waals surface area (Å²) in [5.41, 5.74) is 0.707. The minimum absolute atomic E-state index is 0.115. The molecule has 0 atom stereocenters.